The highest BCUT2D eigenvalue weighted by molar-refractivity contribution is 6.13. The molecule has 2 aliphatic rings. The van der Waals surface area contributed by atoms with Crippen molar-refractivity contribution in [1.82, 2.24) is 15.2 Å². The standard InChI is InChI=1S/C24H32N6O4/c1-26-24(31)19-4-2-3-18(15-19)23(28-25)21-16-20(30-8-12-33-13-9-30)17-22(27-21)34-14-7-29-5-10-32-11-6-29/h2-4,15-17H,5-14,25H2,1H3,(H,26,31)/b28-23+. The maximum Gasteiger partial charge on any atom is 0.251 e. The fourth-order valence-corrected chi connectivity index (χ4v) is 4.04. The highest BCUT2D eigenvalue weighted by atomic mass is 16.5. The van der Waals surface area contributed by atoms with Gasteiger partial charge in [0.25, 0.3) is 5.91 Å². The van der Waals surface area contributed by atoms with Gasteiger partial charge in [-0.15, -0.1) is 0 Å². The SMILES string of the molecule is CNC(=O)c1cccc(/C(=N\N)c2cc(N3CCOCC3)cc(OCCN3CCOCC3)n2)c1. The molecule has 4 rings (SSSR count). The van der Waals surface area contributed by atoms with Crippen LogP contribution in [0.3, 0.4) is 0 Å². The molecule has 2 fully saturated rings. The fraction of sp³-hybridized carbons (Fsp3) is 0.458. The van der Waals surface area contributed by atoms with E-state index in [2.05, 4.69) is 20.2 Å². The van der Waals surface area contributed by atoms with Crippen molar-refractivity contribution in [3.8, 4) is 5.88 Å². The topological polar surface area (TPSA) is 115 Å². The number of pyridine rings is 1. The van der Waals surface area contributed by atoms with E-state index < -0.39 is 0 Å². The van der Waals surface area contributed by atoms with Crippen molar-refractivity contribution in [2.24, 2.45) is 10.9 Å². The molecule has 1 aromatic carbocycles. The first kappa shape index (κ1) is 23.9. The second-order valence-corrected chi connectivity index (χ2v) is 8.09. The molecule has 1 amide bonds. The number of carbonyl (C=O) groups is 1. The summed E-state index contributed by atoms with van der Waals surface area (Å²) >= 11 is 0. The van der Waals surface area contributed by atoms with E-state index in [1.807, 2.05) is 18.2 Å². The largest absolute Gasteiger partial charge is 0.476 e. The monoisotopic (exact) mass is 468 g/mol. The van der Waals surface area contributed by atoms with Gasteiger partial charge in [0.2, 0.25) is 5.88 Å². The van der Waals surface area contributed by atoms with Crippen molar-refractivity contribution in [1.29, 1.82) is 0 Å². The molecule has 1 aromatic heterocycles. The van der Waals surface area contributed by atoms with E-state index in [1.165, 1.54) is 0 Å². The zero-order valence-electron chi connectivity index (χ0n) is 19.5. The third-order valence-electron chi connectivity index (χ3n) is 5.92. The Kier molecular flexibility index (Phi) is 8.29. The average Bonchev–Trinajstić information content (AvgIpc) is 2.90. The molecule has 0 aliphatic carbocycles. The lowest BCUT2D eigenvalue weighted by Gasteiger charge is -2.29. The maximum absolute atomic E-state index is 12.1. The van der Waals surface area contributed by atoms with Crippen LogP contribution in [0.4, 0.5) is 5.69 Å². The summed E-state index contributed by atoms with van der Waals surface area (Å²) in [6.45, 7) is 7.50. The molecule has 2 aromatic rings. The van der Waals surface area contributed by atoms with E-state index in [-0.39, 0.29) is 5.91 Å². The van der Waals surface area contributed by atoms with Crippen LogP contribution in [0.15, 0.2) is 41.5 Å². The lowest BCUT2D eigenvalue weighted by atomic mass is 10.0. The first-order chi connectivity index (χ1) is 16.7. The van der Waals surface area contributed by atoms with Crippen LogP contribution in [0, 0.1) is 0 Å². The van der Waals surface area contributed by atoms with E-state index in [0.29, 0.717) is 48.2 Å². The molecule has 34 heavy (non-hydrogen) atoms. The lowest BCUT2D eigenvalue weighted by molar-refractivity contribution is 0.0320. The predicted octanol–water partition coefficient (Wildman–Crippen LogP) is 0.700. The maximum atomic E-state index is 12.1. The first-order valence-corrected chi connectivity index (χ1v) is 11.6. The Morgan fingerprint density at radius 1 is 1.09 bits per heavy atom. The Morgan fingerprint density at radius 3 is 2.50 bits per heavy atom. The Morgan fingerprint density at radius 2 is 1.79 bits per heavy atom. The van der Waals surface area contributed by atoms with Crippen molar-refractivity contribution in [2.45, 2.75) is 0 Å². The number of aromatic nitrogens is 1. The van der Waals surface area contributed by atoms with Crippen molar-refractivity contribution >= 4 is 17.3 Å². The van der Waals surface area contributed by atoms with E-state index in [9.17, 15) is 4.79 Å². The molecule has 182 valence electrons. The Hall–Kier alpha value is -3.21. The van der Waals surface area contributed by atoms with Gasteiger partial charge in [0.05, 0.1) is 32.1 Å². The van der Waals surface area contributed by atoms with Gasteiger partial charge in [0.1, 0.15) is 12.3 Å². The number of hydrazone groups is 1. The molecule has 3 heterocycles. The summed E-state index contributed by atoms with van der Waals surface area (Å²) in [5.41, 5.74) is 3.26. The van der Waals surface area contributed by atoms with Crippen LogP contribution in [0.1, 0.15) is 21.6 Å². The van der Waals surface area contributed by atoms with Crippen molar-refractivity contribution in [3.05, 3.63) is 53.2 Å². The summed E-state index contributed by atoms with van der Waals surface area (Å²) in [5.74, 6) is 6.16. The Balaban J connectivity index is 1.60. The van der Waals surface area contributed by atoms with Gasteiger partial charge >= 0.3 is 0 Å². The van der Waals surface area contributed by atoms with Crippen LogP contribution in [0.2, 0.25) is 0 Å². The Labute approximate surface area is 199 Å². The third kappa shape index (κ3) is 6.02. The summed E-state index contributed by atoms with van der Waals surface area (Å²) in [6.07, 6.45) is 0. The molecule has 10 nitrogen and oxygen atoms in total. The van der Waals surface area contributed by atoms with Crippen LogP contribution >= 0.6 is 0 Å². The molecule has 10 heteroatoms. The summed E-state index contributed by atoms with van der Waals surface area (Å²) in [7, 11) is 1.60. The zero-order valence-corrected chi connectivity index (χ0v) is 19.5. The number of nitrogens with two attached hydrogens (primary N) is 1. The van der Waals surface area contributed by atoms with E-state index >= 15 is 0 Å². The third-order valence-corrected chi connectivity index (χ3v) is 5.92. The van der Waals surface area contributed by atoms with Crippen molar-refractivity contribution in [2.75, 3.05) is 77.7 Å². The number of rotatable bonds is 8. The van der Waals surface area contributed by atoms with Crippen LogP contribution in [0.25, 0.3) is 0 Å². The Bertz CT molecular complexity index is 1000. The number of ether oxygens (including phenoxy) is 3. The molecular formula is C24H32N6O4. The van der Waals surface area contributed by atoms with Crippen LogP contribution < -0.4 is 20.8 Å². The predicted molar refractivity (Wildman–Crippen MR) is 130 cm³/mol. The van der Waals surface area contributed by atoms with E-state index in [1.54, 1.807) is 25.2 Å². The second kappa shape index (κ2) is 11.8. The highest BCUT2D eigenvalue weighted by Gasteiger charge is 2.19. The van der Waals surface area contributed by atoms with Gasteiger partial charge < -0.3 is 30.3 Å². The molecule has 0 saturated carbocycles. The highest BCUT2D eigenvalue weighted by Crippen LogP contribution is 2.24. The number of amides is 1. The fourth-order valence-electron chi connectivity index (χ4n) is 4.04. The minimum absolute atomic E-state index is 0.180. The van der Waals surface area contributed by atoms with Gasteiger partial charge in [0.15, 0.2) is 0 Å². The molecule has 2 aliphatic heterocycles. The number of carbonyl (C=O) groups excluding carboxylic acids is 1. The minimum atomic E-state index is -0.180. The molecule has 2 saturated heterocycles. The summed E-state index contributed by atoms with van der Waals surface area (Å²) in [5, 5.41) is 6.68. The molecule has 0 radical (unpaired) electrons. The number of benzene rings is 1. The number of hydrogen-bond donors (Lipinski definition) is 2. The van der Waals surface area contributed by atoms with Gasteiger partial charge in [-0.2, -0.15) is 5.10 Å². The molecular weight excluding hydrogens is 436 g/mol. The summed E-state index contributed by atoms with van der Waals surface area (Å²) in [6, 6.07) is 11.1. The number of anilines is 1. The molecule has 0 atom stereocenters. The molecule has 0 spiro atoms. The van der Waals surface area contributed by atoms with Crippen LogP contribution in [-0.2, 0) is 9.47 Å². The van der Waals surface area contributed by atoms with Gasteiger partial charge in [-0.25, -0.2) is 4.98 Å². The number of nitrogens with one attached hydrogen (secondary N) is 1. The number of nitrogens with zero attached hydrogens (tertiary/aromatic N) is 4. The first-order valence-electron chi connectivity index (χ1n) is 11.6. The van der Waals surface area contributed by atoms with Crippen molar-refractivity contribution < 1.29 is 19.0 Å². The van der Waals surface area contributed by atoms with Gasteiger partial charge in [-0.3, -0.25) is 9.69 Å². The zero-order chi connectivity index (χ0) is 23.8. The minimum Gasteiger partial charge on any atom is -0.476 e. The molecule has 0 unspecified atom stereocenters. The summed E-state index contributed by atoms with van der Waals surface area (Å²) in [4.78, 5) is 21.4. The average molecular weight is 469 g/mol. The second-order valence-electron chi connectivity index (χ2n) is 8.09. The van der Waals surface area contributed by atoms with E-state index in [4.69, 9.17) is 25.0 Å². The summed E-state index contributed by atoms with van der Waals surface area (Å²) < 4.78 is 17.0. The van der Waals surface area contributed by atoms with Gasteiger partial charge in [-0.05, 0) is 18.2 Å². The van der Waals surface area contributed by atoms with Gasteiger partial charge in [0, 0.05) is 62.7 Å². The van der Waals surface area contributed by atoms with Crippen LogP contribution in [0.5, 0.6) is 5.88 Å². The molecule has 0 bridgehead atoms. The quantitative estimate of drug-likeness (QED) is 0.331. The number of morpholine rings is 2. The van der Waals surface area contributed by atoms with Crippen molar-refractivity contribution in [3.63, 3.8) is 0 Å². The van der Waals surface area contributed by atoms with Crippen LogP contribution in [-0.4, -0.2) is 94.3 Å². The van der Waals surface area contributed by atoms with E-state index in [0.717, 1.165) is 51.6 Å². The smallest absolute Gasteiger partial charge is 0.251 e. The molecule has 3 N–H and O–H groups in total. The normalized spacial score (nSPS) is 17.4. The lowest BCUT2D eigenvalue weighted by Crippen LogP contribution is -2.38. The number of hydrogen-bond acceptors (Lipinski definition) is 9. The van der Waals surface area contributed by atoms with Gasteiger partial charge in [-0.1, -0.05) is 12.1 Å².